The molecule has 16 heavy (non-hydrogen) atoms. The molecule has 0 aromatic rings. The van der Waals surface area contributed by atoms with Crippen molar-refractivity contribution in [2.24, 2.45) is 11.8 Å². The average molecular weight is 270 g/mol. The Morgan fingerprint density at radius 3 is 2.06 bits per heavy atom. The third-order valence-electron chi connectivity index (χ3n) is 2.52. The highest BCUT2D eigenvalue weighted by atomic mass is 35.5. The smallest absolute Gasteiger partial charge is 0.211 e. The Morgan fingerprint density at radius 1 is 1.12 bits per heavy atom. The first-order valence-corrected chi connectivity index (χ1v) is 8.03. The van der Waals surface area contributed by atoms with Crippen molar-refractivity contribution in [3.63, 3.8) is 0 Å². The molecule has 1 atom stereocenters. The van der Waals surface area contributed by atoms with Crippen LogP contribution in [0.1, 0.15) is 40.5 Å². The molecule has 0 aliphatic heterocycles. The van der Waals surface area contributed by atoms with Crippen LogP contribution < -0.4 is 4.72 Å². The summed E-state index contributed by atoms with van der Waals surface area (Å²) in [6, 6.07) is -0.0466. The second-order valence-corrected chi connectivity index (χ2v) is 7.20. The molecule has 0 radical (unpaired) electrons. The van der Waals surface area contributed by atoms with Gasteiger partial charge in [-0.1, -0.05) is 27.7 Å². The zero-order valence-corrected chi connectivity index (χ0v) is 12.2. The van der Waals surface area contributed by atoms with Crippen molar-refractivity contribution in [3.05, 3.63) is 0 Å². The van der Waals surface area contributed by atoms with Gasteiger partial charge in [0.1, 0.15) is 0 Å². The van der Waals surface area contributed by atoms with Gasteiger partial charge in [0.2, 0.25) is 10.0 Å². The first-order valence-electron chi connectivity index (χ1n) is 5.84. The standard InChI is InChI=1S/C11H24ClNO2S/c1-9(2)6-8-16(14,15)13-11(5-7-12)10(3)4/h9-11,13H,5-8H2,1-4H3. The Balaban J connectivity index is 4.30. The lowest BCUT2D eigenvalue weighted by molar-refractivity contribution is 0.437. The van der Waals surface area contributed by atoms with Crippen LogP contribution in [-0.4, -0.2) is 26.1 Å². The zero-order valence-electron chi connectivity index (χ0n) is 10.7. The largest absolute Gasteiger partial charge is 0.212 e. The van der Waals surface area contributed by atoms with Crippen molar-refractivity contribution in [2.75, 3.05) is 11.6 Å². The van der Waals surface area contributed by atoms with Crippen molar-refractivity contribution >= 4 is 21.6 Å². The number of nitrogens with one attached hydrogen (secondary N) is 1. The molecular formula is C11H24ClNO2S. The van der Waals surface area contributed by atoms with Gasteiger partial charge in [0.15, 0.2) is 0 Å². The first-order chi connectivity index (χ1) is 7.28. The van der Waals surface area contributed by atoms with E-state index in [9.17, 15) is 8.42 Å². The molecule has 0 saturated heterocycles. The highest BCUT2D eigenvalue weighted by molar-refractivity contribution is 7.89. The number of rotatable bonds is 8. The number of hydrogen-bond donors (Lipinski definition) is 1. The second-order valence-electron chi connectivity index (χ2n) is 4.95. The summed E-state index contributed by atoms with van der Waals surface area (Å²) < 4.78 is 26.3. The summed E-state index contributed by atoms with van der Waals surface area (Å²) >= 11 is 5.66. The van der Waals surface area contributed by atoms with Crippen molar-refractivity contribution in [1.82, 2.24) is 4.72 Å². The lowest BCUT2D eigenvalue weighted by atomic mass is 10.0. The fourth-order valence-electron chi connectivity index (χ4n) is 1.33. The minimum atomic E-state index is -3.15. The summed E-state index contributed by atoms with van der Waals surface area (Å²) in [5.74, 6) is 1.36. The van der Waals surface area contributed by atoms with Gasteiger partial charge in [-0.05, 0) is 24.7 Å². The third-order valence-corrected chi connectivity index (χ3v) is 4.17. The number of hydrogen-bond acceptors (Lipinski definition) is 2. The fraction of sp³-hybridized carbons (Fsp3) is 1.00. The molecule has 0 heterocycles. The minimum absolute atomic E-state index is 0.0466. The lowest BCUT2D eigenvalue weighted by Gasteiger charge is -2.21. The highest BCUT2D eigenvalue weighted by Crippen LogP contribution is 2.10. The Labute approximate surface area is 105 Å². The summed E-state index contributed by atoms with van der Waals surface area (Å²) in [4.78, 5) is 0. The van der Waals surface area contributed by atoms with Crippen LogP contribution in [0.2, 0.25) is 0 Å². The molecule has 3 nitrogen and oxygen atoms in total. The molecule has 0 fully saturated rings. The molecule has 1 unspecified atom stereocenters. The van der Waals surface area contributed by atoms with E-state index in [1.54, 1.807) is 0 Å². The molecule has 0 aliphatic rings. The maximum absolute atomic E-state index is 11.8. The van der Waals surface area contributed by atoms with Crippen molar-refractivity contribution < 1.29 is 8.42 Å². The second kappa shape index (κ2) is 7.51. The van der Waals surface area contributed by atoms with E-state index in [2.05, 4.69) is 4.72 Å². The average Bonchev–Trinajstić information content (AvgIpc) is 2.14. The zero-order chi connectivity index (χ0) is 12.8. The maximum atomic E-state index is 11.8. The van der Waals surface area contributed by atoms with E-state index >= 15 is 0 Å². The molecule has 0 rings (SSSR count). The van der Waals surface area contributed by atoms with E-state index in [1.165, 1.54) is 0 Å². The van der Waals surface area contributed by atoms with E-state index in [4.69, 9.17) is 11.6 Å². The Hall–Kier alpha value is 0.200. The lowest BCUT2D eigenvalue weighted by Crippen LogP contribution is -2.40. The van der Waals surface area contributed by atoms with Crippen molar-refractivity contribution in [3.8, 4) is 0 Å². The van der Waals surface area contributed by atoms with Crippen LogP contribution in [0.3, 0.4) is 0 Å². The molecular weight excluding hydrogens is 246 g/mol. The predicted octanol–water partition coefficient (Wildman–Crippen LogP) is 2.61. The Bertz CT molecular complexity index is 276. The summed E-state index contributed by atoms with van der Waals surface area (Å²) in [7, 11) is -3.15. The topological polar surface area (TPSA) is 46.2 Å². The monoisotopic (exact) mass is 269 g/mol. The van der Waals surface area contributed by atoms with Gasteiger partial charge in [-0.25, -0.2) is 13.1 Å². The Kier molecular flexibility index (Phi) is 7.61. The van der Waals surface area contributed by atoms with Crippen LogP contribution in [-0.2, 0) is 10.0 Å². The van der Waals surface area contributed by atoms with Crippen LogP contribution in [0.5, 0.6) is 0 Å². The van der Waals surface area contributed by atoms with E-state index in [1.807, 2.05) is 27.7 Å². The predicted molar refractivity (Wildman–Crippen MR) is 70.3 cm³/mol. The van der Waals surface area contributed by atoms with Gasteiger partial charge < -0.3 is 0 Å². The molecule has 0 amide bonds. The summed E-state index contributed by atoms with van der Waals surface area (Å²) in [5.41, 5.74) is 0. The van der Waals surface area contributed by atoms with E-state index in [0.29, 0.717) is 24.6 Å². The van der Waals surface area contributed by atoms with E-state index < -0.39 is 10.0 Å². The minimum Gasteiger partial charge on any atom is -0.212 e. The molecule has 0 aromatic heterocycles. The van der Waals surface area contributed by atoms with Crippen LogP contribution in [0, 0.1) is 11.8 Å². The van der Waals surface area contributed by atoms with E-state index in [-0.39, 0.29) is 17.7 Å². The van der Waals surface area contributed by atoms with Crippen molar-refractivity contribution in [1.29, 1.82) is 0 Å². The first kappa shape index (κ1) is 16.2. The molecule has 5 heteroatoms. The van der Waals surface area contributed by atoms with Crippen molar-refractivity contribution in [2.45, 2.75) is 46.6 Å². The molecule has 0 aromatic carbocycles. The van der Waals surface area contributed by atoms with Crippen LogP contribution in [0.15, 0.2) is 0 Å². The van der Waals surface area contributed by atoms with Gasteiger partial charge in [-0.2, -0.15) is 0 Å². The Morgan fingerprint density at radius 2 is 1.69 bits per heavy atom. The molecule has 0 bridgehead atoms. The van der Waals surface area contributed by atoms with Crippen LogP contribution in [0.25, 0.3) is 0 Å². The van der Waals surface area contributed by atoms with Gasteiger partial charge >= 0.3 is 0 Å². The van der Waals surface area contributed by atoms with Gasteiger partial charge in [0, 0.05) is 11.9 Å². The number of sulfonamides is 1. The van der Waals surface area contributed by atoms with Crippen LogP contribution in [0.4, 0.5) is 0 Å². The fourth-order valence-corrected chi connectivity index (χ4v) is 3.31. The normalized spacial score (nSPS) is 14.7. The molecule has 1 N–H and O–H groups in total. The maximum Gasteiger partial charge on any atom is 0.211 e. The summed E-state index contributed by atoms with van der Waals surface area (Å²) in [5, 5.41) is 0. The molecule has 0 saturated carbocycles. The van der Waals surface area contributed by atoms with Gasteiger partial charge in [-0.15, -0.1) is 11.6 Å². The number of alkyl halides is 1. The highest BCUT2D eigenvalue weighted by Gasteiger charge is 2.20. The summed E-state index contributed by atoms with van der Waals surface area (Å²) in [6.07, 6.45) is 1.38. The van der Waals surface area contributed by atoms with Crippen LogP contribution >= 0.6 is 11.6 Å². The van der Waals surface area contributed by atoms with Gasteiger partial charge in [-0.3, -0.25) is 0 Å². The molecule has 0 spiro atoms. The quantitative estimate of drug-likeness (QED) is 0.689. The molecule has 0 aliphatic carbocycles. The summed E-state index contributed by atoms with van der Waals surface area (Å²) in [6.45, 7) is 8.05. The SMILES string of the molecule is CC(C)CCS(=O)(=O)NC(CCCl)C(C)C. The van der Waals surface area contributed by atoms with Gasteiger partial charge in [0.05, 0.1) is 5.75 Å². The van der Waals surface area contributed by atoms with Gasteiger partial charge in [0.25, 0.3) is 0 Å². The van der Waals surface area contributed by atoms with E-state index in [0.717, 1.165) is 0 Å². The third kappa shape index (κ3) is 7.47. The number of halogens is 1. The molecule has 98 valence electrons.